The molecule has 1 aliphatic carbocycles. The van der Waals surface area contributed by atoms with Crippen LogP contribution in [0.5, 0.6) is 5.75 Å². The predicted octanol–water partition coefficient (Wildman–Crippen LogP) is 3.49. The van der Waals surface area contributed by atoms with E-state index in [0.717, 1.165) is 5.56 Å². The van der Waals surface area contributed by atoms with Gasteiger partial charge in [0, 0.05) is 24.3 Å². The van der Waals surface area contributed by atoms with E-state index in [4.69, 9.17) is 9.47 Å². The van der Waals surface area contributed by atoms with Gasteiger partial charge in [0.15, 0.2) is 0 Å². The highest BCUT2D eigenvalue weighted by atomic mass is 32.2. The van der Waals surface area contributed by atoms with Gasteiger partial charge in [-0.3, -0.25) is 9.78 Å². The molecule has 1 amide bonds. The van der Waals surface area contributed by atoms with Gasteiger partial charge in [-0.1, -0.05) is 23.8 Å². The maximum atomic E-state index is 13.3. The average Bonchev–Trinajstić information content (AvgIpc) is 3.59. The molecular formula is C24H26N2O5S. The maximum Gasteiger partial charge on any atom is 0.264 e. The number of aromatic nitrogens is 1. The van der Waals surface area contributed by atoms with Gasteiger partial charge in [-0.05, 0) is 57.0 Å². The molecular weight excluding hydrogens is 428 g/mol. The van der Waals surface area contributed by atoms with E-state index in [1.807, 2.05) is 32.0 Å². The molecule has 1 atom stereocenters. The van der Waals surface area contributed by atoms with Crippen molar-refractivity contribution in [3.8, 4) is 5.75 Å². The Morgan fingerprint density at radius 1 is 1.19 bits per heavy atom. The zero-order valence-corrected chi connectivity index (χ0v) is 19.1. The number of carbonyl (C=O) groups is 1. The largest absolute Gasteiger partial charge is 0.491 e. The summed E-state index contributed by atoms with van der Waals surface area (Å²) < 4.78 is 39.8. The molecule has 1 fully saturated rings. The highest BCUT2D eigenvalue weighted by molar-refractivity contribution is 7.90. The third-order valence-electron chi connectivity index (χ3n) is 5.83. The summed E-state index contributed by atoms with van der Waals surface area (Å²) in [6, 6.07) is 13.8. The number of rotatable bonds is 8. The van der Waals surface area contributed by atoms with E-state index in [9.17, 15) is 13.2 Å². The molecule has 0 saturated heterocycles. The van der Waals surface area contributed by atoms with E-state index in [1.165, 1.54) is 6.07 Å². The van der Waals surface area contributed by atoms with Crippen LogP contribution in [0.3, 0.4) is 0 Å². The second-order valence-corrected chi connectivity index (χ2v) is 9.85. The highest BCUT2D eigenvalue weighted by Crippen LogP contribution is 2.52. The molecule has 0 radical (unpaired) electrons. The van der Waals surface area contributed by atoms with Crippen LogP contribution in [-0.2, 0) is 25.0 Å². The minimum Gasteiger partial charge on any atom is -0.491 e. The van der Waals surface area contributed by atoms with Crippen molar-refractivity contribution < 1.29 is 22.7 Å². The zero-order valence-electron chi connectivity index (χ0n) is 18.3. The summed E-state index contributed by atoms with van der Waals surface area (Å²) in [6.07, 6.45) is 2.57. The summed E-state index contributed by atoms with van der Waals surface area (Å²) in [5, 5.41) is 0.466. The quantitative estimate of drug-likeness (QED) is 0.560. The topological polar surface area (TPSA) is 94.6 Å². The molecule has 2 aromatic carbocycles. The fourth-order valence-corrected chi connectivity index (χ4v) is 5.02. The number of nitrogens with zero attached hydrogens (tertiary/aromatic N) is 1. The summed E-state index contributed by atoms with van der Waals surface area (Å²) >= 11 is 0. The number of carbonyl (C=O) groups excluding carboxylic acids is 1. The van der Waals surface area contributed by atoms with Crippen molar-refractivity contribution in [2.45, 2.75) is 43.1 Å². The summed E-state index contributed by atoms with van der Waals surface area (Å²) in [5.74, 6) is 0.0209. The van der Waals surface area contributed by atoms with E-state index in [0.29, 0.717) is 41.7 Å². The molecule has 8 heteroatoms. The Kier molecular flexibility index (Phi) is 5.92. The Morgan fingerprint density at radius 3 is 2.69 bits per heavy atom. The number of hydrogen-bond acceptors (Lipinski definition) is 6. The first-order chi connectivity index (χ1) is 15.3. The molecule has 3 aromatic rings. The number of sulfonamides is 1. The molecule has 1 aliphatic rings. The number of aryl methyl sites for hydroxylation is 1. The van der Waals surface area contributed by atoms with Crippen molar-refractivity contribution in [3.05, 3.63) is 65.9 Å². The molecule has 4 rings (SSSR count). The smallest absolute Gasteiger partial charge is 0.264 e. The summed E-state index contributed by atoms with van der Waals surface area (Å²) in [6.45, 7) is 4.14. The van der Waals surface area contributed by atoms with Gasteiger partial charge in [0.25, 0.3) is 10.0 Å². The Hall–Kier alpha value is -2.97. The highest BCUT2D eigenvalue weighted by Gasteiger charge is 2.54. The van der Waals surface area contributed by atoms with Crippen LogP contribution in [-0.4, -0.2) is 39.1 Å². The average molecular weight is 455 g/mol. The van der Waals surface area contributed by atoms with Crippen molar-refractivity contribution in [3.63, 3.8) is 0 Å². The van der Waals surface area contributed by atoms with Gasteiger partial charge in [0.05, 0.1) is 21.9 Å². The van der Waals surface area contributed by atoms with Gasteiger partial charge >= 0.3 is 0 Å². The van der Waals surface area contributed by atoms with Crippen LogP contribution in [0, 0.1) is 6.92 Å². The third kappa shape index (κ3) is 4.20. The molecule has 168 valence electrons. The van der Waals surface area contributed by atoms with Crippen molar-refractivity contribution in [1.82, 2.24) is 9.71 Å². The van der Waals surface area contributed by atoms with Crippen molar-refractivity contribution in [2.24, 2.45) is 0 Å². The Labute approximate surface area is 187 Å². The number of methoxy groups -OCH3 is 1. The maximum absolute atomic E-state index is 13.3. The van der Waals surface area contributed by atoms with E-state index >= 15 is 0 Å². The summed E-state index contributed by atoms with van der Waals surface area (Å²) in [4.78, 5) is 17.6. The van der Waals surface area contributed by atoms with Gasteiger partial charge in [0.1, 0.15) is 12.4 Å². The number of nitrogens with one attached hydrogen (secondary N) is 1. The molecule has 32 heavy (non-hydrogen) atoms. The van der Waals surface area contributed by atoms with Crippen LogP contribution in [0.2, 0.25) is 0 Å². The van der Waals surface area contributed by atoms with E-state index < -0.39 is 21.3 Å². The van der Waals surface area contributed by atoms with Gasteiger partial charge in [-0.2, -0.15) is 0 Å². The van der Waals surface area contributed by atoms with Gasteiger partial charge < -0.3 is 9.47 Å². The molecule has 7 nitrogen and oxygen atoms in total. The molecule has 0 spiro atoms. The molecule has 0 unspecified atom stereocenters. The first-order valence-electron chi connectivity index (χ1n) is 10.4. The van der Waals surface area contributed by atoms with Gasteiger partial charge in [-0.25, -0.2) is 13.1 Å². The number of ether oxygens (including phenoxy) is 2. The van der Waals surface area contributed by atoms with Crippen LogP contribution < -0.4 is 9.46 Å². The summed E-state index contributed by atoms with van der Waals surface area (Å²) in [7, 11) is -2.49. The van der Waals surface area contributed by atoms with Crippen LogP contribution in [0.4, 0.5) is 0 Å². The van der Waals surface area contributed by atoms with E-state index in [1.54, 1.807) is 37.6 Å². The standard InChI is InChI=1S/C24H26N2O5S/c1-16-9-10-21(31-15-17(2)30-3)19(14-16)24(11-12-24)23(27)26-32(28,29)22-8-4-7-20-18(22)6-5-13-25-20/h4-10,13-14,17H,11-12,15H2,1-3H3,(H,26,27)/t17-/m0/s1. The number of amides is 1. The molecule has 1 saturated carbocycles. The molecule has 1 heterocycles. The lowest BCUT2D eigenvalue weighted by Crippen LogP contribution is -2.39. The Morgan fingerprint density at radius 2 is 1.97 bits per heavy atom. The third-order valence-corrected chi connectivity index (χ3v) is 7.22. The monoisotopic (exact) mass is 454 g/mol. The zero-order chi connectivity index (χ0) is 22.9. The van der Waals surface area contributed by atoms with Crippen LogP contribution in [0.25, 0.3) is 10.9 Å². The van der Waals surface area contributed by atoms with E-state index in [2.05, 4.69) is 9.71 Å². The molecule has 0 aliphatic heterocycles. The first-order valence-corrected chi connectivity index (χ1v) is 11.9. The lowest BCUT2D eigenvalue weighted by Gasteiger charge is -2.21. The number of fused-ring (bicyclic) bond motifs is 1. The number of pyridine rings is 1. The second kappa shape index (κ2) is 8.52. The van der Waals surface area contributed by atoms with Gasteiger partial charge in [0.2, 0.25) is 5.91 Å². The molecule has 0 bridgehead atoms. The van der Waals surface area contributed by atoms with E-state index in [-0.39, 0.29) is 11.0 Å². The van der Waals surface area contributed by atoms with Crippen molar-refractivity contribution >= 4 is 26.8 Å². The predicted molar refractivity (Wildman–Crippen MR) is 121 cm³/mol. The van der Waals surface area contributed by atoms with Crippen LogP contribution in [0.15, 0.2) is 59.6 Å². The van der Waals surface area contributed by atoms with Crippen molar-refractivity contribution in [2.75, 3.05) is 13.7 Å². The van der Waals surface area contributed by atoms with Gasteiger partial charge in [-0.15, -0.1) is 0 Å². The fraction of sp³-hybridized carbons (Fsp3) is 0.333. The fourth-order valence-electron chi connectivity index (χ4n) is 3.75. The lowest BCUT2D eigenvalue weighted by molar-refractivity contribution is -0.121. The Balaban J connectivity index is 1.65. The minimum atomic E-state index is -4.09. The first kappa shape index (κ1) is 22.2. The Bertz CT molecular complexity index is 1260. The summed E-state index contributed by atoms with van der Waals surface area (Å²) in [5.41, 5.74) is 1.28. The molecule has 1 N–H and O–H groups in total. The number of hydrogen-bond donors (Lipinski definition) is 1. The van der Waals surface area contributed by atoms with Crippen molar-refractivity contribution in [1.29, 1.82) is 0 Å². The van der Waals surface area contributed by atoms with Crippen LogP contribution >= 0.6 is 0 Å². The second-order valence-electron chi connectivity index (χ2n) is 8.20. The van der Waals surface area contributed by atoms with Crippen LogP contribution in [0.1, 0.15) is 30.9 Å². The molecule has 1 aromatic heterocycles. The lowest BCUT2D eigenvalue weighted by atomic mass is 9.93. The minimum absolute atomic E-state index is 0.0295. The SMILES string of the molecule is CO[C@@H](C)COc1ccc(C)cc1C1(C(=O)NS(=O)(=O)c2cccc3ncccc23)CC1. The number of benzene rings is 2. The normalized spacial score (nSPS) is 15.8.